The quantitative estimate of drug-likeness (QED) is 0.472. The van der Waals surface area contributed by atoms with Crippen molar-refractivity contribution in [2.45, 2.75) is 33.6 Å². The standard InChI is InChI=1S/C25H26N4O2/c1-16(2)19-7-11-21(12-8-19)31-15-25(30)26-22-14-24-23(13-18(22)4)27-29(28-24)20-9-5-17(3)6-10-20/h5-14,16H,15H2,1-4H3,(H,26,30). The molecule has 4 aromatic rings. The Morgan fingerprint density at radius 3 is 2.26 bits per heavy atom. The summed E-state index contributed by atoms with van der Waals surface area (Å²) < 4.78 is 5.63. The second-order valence-corrected chi connectivity index (χ2v) is 8.04. The van der Waals surface area contributed by atoms with Crippen molar-refractivity contribution < 1.29 is 9.53 Å². The van der Waals surface area contributed by atoms with Crippen LogP contribution in [-0.4, -0.2) is 27.5 Å². The summed E-state index contributed by atoms with van der Waals surface area (Å²) >= 11 is 0. The number of benzene rings is 3. The Bertz CT molecular complexity index is 1210. The van der Waals surface area contributed by atoms with E-state index in [1.165, 1.54) is 11.1 Å². The van der Waals surface area contributed by atoms with Crippen LogP contribution in [0, 0.1) is 13.8 Å². The Labute approximate surface area is 181 Å². The number of aromatic nitrogens is 3. The average Bonchev–Trinajstić information content (AvgIpc) is 3.16. The van der Waals surface area contributed by atoms with E-state index in [9.17, 15) is 4.79 Å². The van der Waals surface area contributed by atoms with Gasteiger partial charge in [-0.05, 0) is 67.3 Å². The first-order valence-electron chi connectivity index (χ1n) is 10.4. The maximum Gasteiger partial charge on any atom is 0.262 e. The van der Waals surface area contributed by atoms with E-state index in [1.54, 1.807) is 4.80 Å². The number of hydrogen-bond acceptors (Lipinski definition) is 4. The molecule has 3 aromatic carbocycles. The average molecular weight is 415 g/mol. The number of nitrogens with zero attached hydrogens (tertiary/aromatic N) is 3. The fraction of sp³-hybridized carbons (Fsp3) is 0.240. The molecule has 0 fully saturated rings. The second kappa shape index (κ2) is 8.60. The van der Waals surface area contributed by atoms with Gasteiger partial charge in [-0.3, -0.25) is 4.79 Å². The maximum absolute atomic E-state index is 12.4. The molecule has 1 heterocycles. The molecule has 0 aliphatic heterocycles. The van der Waals surface area contributed by atoms with E-state index in [1.807, 2.05) is 74.5 Å². The summed E-state index contributed by atoms with van der Waals surface area (Å²) in [5.74, 6) is 0.910. The molecule has 0 bridgehead atoms. The van der Waals surface area contributed by atoms with Crippen LogP contribution in [0.25, 0.3) is 16.7 Å². The molecule has 6 nitrogen and oxygen atoms in total. The van der Waals surface area contributed by atoms with Crippen molar-refractivity contribution in [3.8, 4) is 11.4 Å². The van der Waals surface area contributed by atoms with Crippen LogP contribution in [0.4, 0.5) is 5.69 Å². The van der Waals surface area contributed by atoms with E-state index in [4.69, 9.17) is 4.74 Å². The highest BCUT2D eigenvalue weighted by molar-refractivity contribution is 5.95. The first-order valence-corrected chi connectivity index (χ1v) is 10.4. The molecule has 158 valence electrons. The Morgan fingerprint density at radius 2 is 1.61 bits per heavy atom. The first kappa shape index (κ1) is 20.6. The van der Waals surface area contributed by atoms with Gasteiger partial charge in [-0.15, -0.1) is 10.2 Å². The van der Waals surface area contributed by atoms with Crippen molar-refractivity contribution >= 4 is 22.6 Å². The molecule has 0 spiro atoms. The minimum atomic E-state index is -0.221. The van der Waals surface area contributed by atoms with Gasteiger partial charge in [0, 0.05) is 5.69 Å². The van der Waals surface area contributed by atoms with Crippen molar-refractivity contribution in [3.63, 3.8) is 0 Å². The van der Waals surface area contributed by atoms with Crippen molar-refractivity contribution in [1.29, 1.82) is 0 Å². The van der Waals surface area contributed by atoms with Gasteiger partial charge in [0.05, 0.1) is 5.69 Å². The highest BCUT2D eigenvalue weighted by atomic mass is 16.5. The van der Waals surface area contributed by atoms with Gasteiger partial charge >= 0.3 is 0 Å². The lowest BCUT2D eigenvalue weighted by Gasteiger charge is -2.10. The zero-order valence-electron chi connectivity index (χ0n) is 18.2. The van der Waals surface area contributed by atoms with Gasteiger partial charge < -0.3 is 10.1 Å². The van der Waals surface area contributed by atoms with Gasteiger partial charge in [0.1, 0.15) is 16.8 Å². The number of aryl methyl sites for hydroxylation is 2. The largest absolute Gasteiger partial charge is 0.484 e. The first-order chi connectivity index (χ1) is 14.9. The number of hydrogen-bond donors (Lipinski definition) is 1. The van der Waals surface area contributed by atoms with Crippen LogP contribution in [0.2, 0.25) is 0 Å². The minimum Gasteiger partial charge on any atom is -0.484 e. The predicted molar refractivity (Wildman–Crippen MR) is 123 cm³/mol. The molecule has 1 N–H and O–H groups in total. The molecule has 31 heavy (non-hydrogen) atoms. The summed E-state index contributed by atoms with van der Waals surface area (Å²) in [5.41, 5.74) is 6.41. The van der Waals surface area contributed by atoms with Gasteiger partial charge in [-0.2, -0.15) is 4.80 Å². The van der Waals surface area contributed by atoms with Crippen molar-refractivity contribution in [2.75, 3.05) is 11.9 Å². The molecule has 1 amide bonds. The van der Waals surface area contributed by atoms with Gasteiger partial charge in [0.25, 0.3) is 5.91 Å². The number of ether oxygens (including phenoxy) is 1. The molecule has 0 aliphatic rings. The summed E-state index contributed by atoms with van der Waals surface area (Å²) in [5, 5.41) is 12.0. The molecule has 0 aliphatic carbocycles. The number of amides is 1. The monoisotopic (exact) mass is 414 g/mol. The van der Waals surface area contributed by atoms with Crippen LogP contribution < -0.4 is 10.1 Å². The molecule has 0 saturated heterocycles. The lowest BCUT2D eigenvalue weighted by molar-refractivity contribution is -0.118. The van der Waals surface area contributed by atoms with Crippen LogP contribution in [0.1, 0.15) is 36.5 Å². The van der Waals surface area contributed by atoms with E-state index < -0.39 is 0 Å². The summed E-state index contributed by atoms with van der Waals surface area (Å²) in [6, 6.07) is 19.6. The SMILES string of the molecule is Cc1ccc(-n2nc3cc(C)c(NC(=O)COc4ccc(C(C)C)cc4)cc3n2)cc1. The molecule has 4 rings (SSSR count). The van der Waals surface area contributed by atoms with Crippen molar-refractivity contribution in [2.24, 2.45) is 0 Å². The van der Waals surface area contributed by atoms with E-state index in [0.29, 0.717) is 22.9 Å². The molecule has 0 unspecified atom stereocenters. The third-order valence-electron chi connectivity index (χ3n) is 5.18. The normalized spacial score (nSPS) is 11.1. The van der Waals surface area contributed by atoms with Crippen molar-refractivity contribution in [1.82, 2.24) is 15.0 Å². The highest BCUT2D eigenvalue weighted by Gasteiger charge is 2.11. The highest BCUT2D eigenvalue weighted by Crippen LogP contribution is 2.23. The molecule has 0 saturated carbocycles. The van der Waals surface area contributed by atoms with Crippen LogP contribution in [0.15, 0.2) is 60.7 Å². The van der Waals surface area contributed by atoms with E-state index >= 15 is 0 Å². The lowest BCUT2D eigenvalue weighted by Crippen LogP contribution is -2.20. The van der Waals surface area contributed by atoms with E-state index in [2.05, 4.69) is 29.4 Å². The van der Waals surface area contributed by atoms with Crippen LogP contribution in [-0.2, 0) is 4.79 Å². The Morgan fingerprint density at radius 1 is 0.968 bits per heavy atom. The summed E-state index contributed by atoms with van der Waals surface area (Å²) in [6.07, 6.45) is 0. The van der Waals surface area contributed by atoms with Crippen molar-refractivity contribution in [3.05, 3.63) is 77.4 Å². The fourth-order valence-corrected chi connectivity index (χ4v) is 3.28. The van der Waals surface area contributed by atoms with E-state index in [-0.39, 0.29) is 12.5 Å². The summed E-state index contributed by atoms with van der Waals surface area (Å²) in [6.45, 7) is 8.20. The Balaban J connectivity index is 1.45. The van der Waals surface area contributed by atoms with E-state index in [0.717, 1.165) is 16.8 Å². The topological polar surface area (TPSA) is 69.0 Å². The maximum atomic E-state index is 12.4. The van der Waals surface area contributed by atoms with Crippen LogP contribution in [0.3, 0.4) is 0 Å². The zero-order valence-corrected chi connectivity index (χ0v) is 18.2. The number of fused-ring (bicyclic) bond motifs is 1. The van der Waals surface area contributed by atoms with Crippen LogP contribution >= 0.6 is 0 Å². The lowest BCUT2D eigenvalue weighted by atomic mass is 10.0. The summed E-state index contributed by atoms with van der Waals surface area (Å²) in [7, 11) is 0. The smallest absolute Gasteiger partial charge is 0.262 e. The van der Waals surface area contributed by atoms with Gasteiger partial charge in [-0.1, -0.05) is 43.7 Å². The minimum absolute atomic E-state index is 0.0610. The third kappa shape index (κ3) is 4.74. The number of carbonyl (C=O) groups is 1. The van der Waals surface area contributed by atoms with Gasteiger partial charge in [0.15, 0.2) is 6.61 Å². The van der Waals surface area contributed by atoms with Gasteiger partial charge in [-0.25, -0.2) is 0 Å². The molecular weight excluding hydrogens is 388 g/mol. The Hall–Kier alpha value is -3.67. The van der Waals surface area contributed by atoms with Gasteiger partial charge in [0.2, 0.25) is 0 Å². The molecular formula is C25H26N4O2. The number of rotatable bonds is 6. The number of nitrogens with one attached hydrogen (secondary N) is 1. The Kier molecular flexibility index (Phi) is 5.71. The molecule has 0 atom stereocenters. The zero-order chi connectivity index (χ0) is 22.0. The molecule has 1 aromatic heterocycles. The molecule has 6 heteroatoms. The third-order valence-corrected chi connectivity index (χ3v) is 5.18. The number of carbonyl (C=O) groups excluding carboxylic acids is 1. The second-order valence-electron chi connectivity index (χ2n) is 8.04. The predicted octanol–water partition coefficient (Wildman–Crippen LogP) is 5.18. The molecule has 0 radical (unpaired) electrons. The summed E-state index contributed by atoms with van der Waals surface area (Å²) in [4.78, 5) is 14.0. The number of anilines is 1. The van der Waals surface area contributed by atoms with Crippen LogP contribution in [0.5, 0.6) is 5.75 Å². The fourth-order valence-electron chi connectivity index (χ4n) is 3.28.